The minimum atomic E-state index is -3.26. The van der Waals surface area contributed by atoms with Gasteiger partial charge in [0, 0.05) is 24.5 Å². The number of amides is 1. The minimum absolute atomic E-state index is 0.0145. The number of hydrogen-bond donors (Lipinski definition) is 2. The van der Waals surface area contributed by atoms with Crippen LogP contribution in [-0.2, 0) is 13.0 Å². The first-order valence-electron chi connectivity index (χ1n) is 12.8. The second-order valence-corrected chi connectivity index (χ2v) is 9.74. The normalized spacial score (nSPS) is 16.2. The molecule has 0 saturated carbocycles. The van der Waals surface area contributed by atoms with Gasteiger partial charge < -0.3 is 25.4 Å². The smallest absolute Gasteiger partial charge is 0.318 e. The van der Waals surface area contributed by atoms with E-state index in [1.807, 2.05) is 11.8 Å². The molecular weight excluding hydrogens is 499 g/mol. The molecule has 1 saturated heterocycles. The summed E-state index contributed by atoms with van der Waals surface area (Å²) in [4.78, 5) is 26.1. The second kappa shape index (κ2) is 10.3. The molecule has 0 bridgehead atoms. The Balaban J connectivity index is 1.62. The molecule has 0 spiro atoms. The van der Waals surface area contributed by atoms with Crippen molar-refractivity contribution in [2.45, 2.75) is 51.5 Å². The van der Waals surface area contributed by atoms with Crippen molar-refractivity contribution in [1.29, 1.82) is 0 Å². The number of halogens is 3. The van der Waals surface area contributed by atoms with Gasteiger partial charge in [-0.1, -0.05) is 25.8 Å². The van der Waals surface area contributed by atoms with Gasteiger partial charge in [-0.3, -0.25) is 4.79 Å². The summed E-state index contributed by atoms with van der Waals surface area (Å²) in [7, 11) is 0. The van der Waals surface area contributed by atoms with E-state index in [-0.39, 0.29) is 23.9 Å². The molecule has 2 aliphatic rings. The third-order valence-corrected chi connectivity index (χ3v) is 7.10. The standard InChI is InChI=1S/C27H30F3N5O3/c1-2-18-19(28)8-7-16-11-17(36)12-21(22(16)18)35-13-20-23(25(35)37)24(34-9-5-3-4-6-10-34)33-26(32-20)38-15-27(29,30)14-31/h7-8,11-12,36H,2-6,9-10,13-15,31H2,1H3. The second-order valence-electron chi connectivity index (χ2n) is 9.74. The number of benzene rings is 2. The molecule has 11 heteroatoms. The third-order valence-electron chi connectivity index (χ3n) is 7.10. The van der Waals surface area contributed by atoms with Crippen LogP contribution in [0.5, 0.6) is 11.8 Å². The highest BCUT2D eigenvalue weighted by Crippen LogP contribution is 2.41. The number of nitrogens with zero attached hydrogens (tertiary/aromatic N) is 4. The molecule has 2 aliphatic heterocycles. The molecule has 202 valence electrons. The van der Waals surface area contributed by atoms with Gasteiger partial charge in [0.2, 0.25) is 0 Å². The first kappa shape index (κ1) is 26.0. The summed E-state index contributed by atoms with van der Waals surface area (Å²) in [6.07, 6.45) is 4.25. The first-order chi connectivity index (χ1) is 18.2. The molecular formula is C27H30F3N5O3. The number of alkyl halides is 2. The zero-order valence-corrected chi connectivity index (χ0v) is 21.1. The maximum Gasteiger partial charge on any atom is 0.318 e. The fourth-order valence-electron chi connectivity index (χ4n) is 5.20. The number of carbonyl (C=O) groups is 1. The van der Waals surface area contributed by atoms with E-state index in [4.69, 9.17) is 10.5 Å². The Bertz CT molecular complexity index is 1380. The lowest BCUT2D eigenvalue weighted by molar-refractivity contribution is -0.0344. The van der Waals surface area contributed by atoms with Gasteiger partial charge in [0.15, 0.2) is 6.61 Å². The van der Waals surface area contributed by atoms with E-state index in [0.29, 0.717) is 53.0 Å². The van der Waals surface area contributed by atoms with Crippen molar-refractivity contribution in [1.82, 2.24) is 9.97 Å². The summed E-state index contributed by atoms with van der Waals surface area (Å²) < 4.78 is 47.7. The van der Waals surface area contributed by atoms with Crippen LogP contribution in [0.2, 0.25) is 0 Å². The van der Waals surface area contributed by atoms with Crippen molar-refractivity contribution < 1.29 is 27.8 Å². The number of anilines is 2. The van der Waals surface area contributed by atoms with Gasteiger partial charge in [-0.05, 0) is 42.3 Å². The van der Waals surface area contributed by atoms with Crippen molar-refractivity contribution in [3.63, 3.8) is 0 Å². The van der Waals surface area contributed by atoms with Crippen molar-refractivity contribution in [3.05, 3.63) is 46.9 Å². The number of hydrogen-bond acceptors (Lipinski definition) is 7. The number of rotatable bonds is 7. The lowest BCUT2D eigenvalue weighted by Crippen LogP contribution is -2.35. The highest BCUT2D eigenvalue weighted by molar-refractivity contribution is 6.16. The van der Waals surface area contributed by atoms with Crippen LogP contribution in [0.25, 0.3) is 10.8 Å². The summed E-state index contributed by atoms with van der Waals surface area (Å²) in [5, 5.41) is 11.6. The largest absolute Gasteiger partial charge is 0.508 e. The van der Waals surface area contributed by atoms with Crippen LogP contribution in [0, 0.1) is 5.82 Å². The van der Waals surface area contributed by atoms with Gasteiger partial charge in [-0.15, -0.1) is 0 Å². The molecule has 2 aromatic carbocycles. The van der Waals surface area contributed by atoms with Crippen LogP contribution in [0.1, 0.15) is 54.2 Å². The predicted octanol–water partition coefficient (Wildman–Crippen LogP) is 4.55. The predicted molar refractivity (Wildman–Crippen MR) is 138 cm³/mol. The molecule has 8 nitrogen and oxygen atoms in total. The van der Waals surface area contributed by atoms with E-state index in [2.05, 4.69) is 9.97 Å². The fourth-order valence-corrected chi connectivity index (χ4v) is 5.20. The third kappa shape index (κ3) is 4.82. The molecule has 5 rings (SSSR count). The van der Waals surface area contributed by atoms with E-state index in [1.54, 1.807) is 6.07 Å². The van der Waals surface area contributed by atoms with Gasteiger partial charge in [0.05, 0.1) is 24.5 Å². The number of ether oxygens (including phenoxy) is 1. The summed E-state index contributed by atoms with van der Waals surface area (Å²) in [6.45, 7) is 1.22. The van der Waals surface area contributed by atoms with E-state index in [9.17, 15) is 23.1 Å². The van der Waals surface area contributed by atoms with Crippen LogP contribution >= 0.6 is 0 Å². The van der Waals surface area contributed by atoms with Crippen LogP contribution in [0.4, 0.5) is 24.7 Å². The number of nitrogens with two attached hydrogens (primary N) is 1. The Hall–Kier alpha value is -3.60. The molecule has 0 aliphatic carbocycles. The fraction of sp³-hybridized carbons (Fsp3) is 0.444. The Morgan fingerprint density at radius 1 is 1.13 bits per heavy atom. The highest BCUT2D eigenvalue weighted by Gasteiger charge is 2.38. The first-order valence-corrected chi connectivity index (χ1v) is 12.8. The molecule has 3 aromatic rings. The number of aromatic nitrogens is 2. The molecule has 0 radical (unpaired) electrons. The number of phenolic OH excluding ortho intramolecular Hbond substituents is 1. The number of aryl methyl sites for hydroxylation is 1. The maximum atomic E-state index is 14.8. The lowest BCUT2D eigenvalue weighted by Gasteiger charge is -2.24. The molecule has 0 unspecified atom stereocenters. The average Bonchev–Trinajstić information content (AvgIpc) is 3.06. The van der Waals surface area contributed by atoms with Gasteiger partial charge in [0.1, 0.15) is 22.9 Å². The Morgan fingerprint density at radius 3 is 2.55 bits per heavy atom. The zero-order chi connectivity index (χ0) is 27.0. The summed E-state index contributed by atoms with van der Waals surface area (Å²) in [6, 6.07) is 5.61. The average molecular weight is 530 g/mol. The Morgan fingerprint density at radius 2 is 1.87 bits per heavy atom. The number of phenols is 1. The number of fused-ring (bicyclic) bond motifs is 2. The SMILES string of the molecule is CCc1c(F)ccc2cc(O)cc(N3Cc4nc(OCC(F)(F)CN)nc(N5CCCCCC5)c4C3=O)c12. The van der Waals surface area contributed by atoms with Gasteiger partial charge >= 0.3 is 6.01 Å². The van der Waals surface area contributed by atoms with E-state index < -0.39 is 30.8 Å². The van der Waals surface area contributed by atoms with Crippen LogP contribution in [-0.4, -0.2) is 53.1 Å². The van der Waals surface area contributed by atoms with Crippen molar-refractivity contribution in [2.75, 3.05) is 36.0 Å². The summed E-state index contributed by atoms with van der Waals surface area (Å²) in [5.74, 6) is -3.80. The molecule has 38 heavy (non-hydrogen) atoms. The molecule has 1 amide bonds. The summed E-state index contributed by atoms with van der Waals surface area (Å²) in [5.41, 5.74) is 6.49. The topological polar surface area (TPSA) is 105 Å². The minimum Gasteiger partial charge on any atom is -0.508 e. The zero-order valence-electron chi connectivity index (χ0n) is 21.1. The highest BCUT2D eigenvalue weighted by atomic mass is 19.3. The van der Waals surface area contributed by atoms with E-state index >= 15 is 0 Å². The van der Waals surface area contributed by atoms with E-state index in [0.717, 1.165) is 25.7 Å². The van der Waals surface area contributed by atoms with Crippen LogP contribution in [0.15, 0.2) is 24.3 Å². The quantitative estimate of drug-likeness (QED) is 0.463. The monoisotopic (exact) mass is 529 g/mol. The lowest BCUT2D eigenvalue weighted by atomic mass is 9.99. The van der Waals surface area contributed by atoms with Crippen LogP contribution in [0.3, 0.4) is 0 Å². The number of carbonyl (C=O) groups excluding carboxylic acids is 1. The van der Waals surface area contributed by atoms with E-state index in [1.165, 1.54) is 23.1 Å². The van der Waals surface area contributed by atoms with Gasteiger partial charge in [0.25, 0.3) is 11.8 Å². The Kier molecular flexibility index (Phi) is 7.04. The molecule has 3 heterocycles. The summed E-state index contributed by atoms with van der Waals surface area (Å²) >= 11 is 0. The van der Waals surface area contributed by atoms with Crippen LogP contribution < -0.4 is 20.3 Å². The number of aromatic hydroxyl groups is 1. The molecule has 1 aromatic heterocycles. The molecule has 3 N–H and O–H groups in total. The van der Waals surface area contributed by atoms with Crippen molar-refractivity contribution in [3.8, 4) is 11.8 Å². The molecule has 0 atom stereocenters. The van der Waals surface area contributed by atoms with Crippen molar-refractivity contribution in [2.24, 2.45) is 5.73 Å². The van der Waals surface area contributed by atoms with Gasteiger partial charge in [-0.2, -0.15) is 9.97 Å². The van der Waals surface area contributed by atoms with Gasteiger partial charge in [-0.25, -0.2) is 13.2 Å². The molecule has 1 fully saturated rings. The van der Waals surface area contributed by atoms with Crippen molar-refractivity contribution >= 4 is 28.2 Å². The maximum absolute atomic E-state index is 14.8. The Labute approximate surface area is 218 Å².